The van der Waals surface area contributed by atoms with Gasteiger partial charge < -0.3 is 15.2 Å². The number of carbonyl (C=O) groups excluding carboxylic acids is 1. The van der Waals surface area contributed by atoms with E-state index in [4.69, 9.17) is 9.84 Å². The lowest BCUT2D eigenvalue weighted by molar-refractivity contribution is -0.142. The van der Waals surface area contributed by atoms with Crippen LogP contribution in [-0.4, -0.2) is 23.2 Å². The number of hydrogen-bond acceptors (Lipinski definition) is 3. The van der Waals surface area contributed by atoms with E-state index in [1.54, 1.807) is 0 Å². The first-order valence-corrected chi connectivity index (χ1v) is 6.43. The molecule has 2 unspecified atom stereocenters. The smallest absolute Gasteiger partial charge is 0.407 e. The zero-order valence-electron chi connectivity index (χ0n) is 11.0. The van der Waals surface area contributed by atoms with Gasteiger partial charge in [-0.3, -0.25) is 4.79 Å². The highest BCUT2D eigenvalue weighted by atomic mass is 16.5. The standard InChI is InChI=1S/C15H17NO4/c1-10-7-12(14(17)18)13(8-10)16-15(19)20-9-11-5-3-2-4-6-11/h2-6,12-13H,1,7-9H2,(H,16,19)(H,17,18). The molecule has 20 heavy (non-hydrogen) atoms. The molecular weight excluding hydrogens is 258 g/mol. The molecule has 1 aromatic rings. The normalized spacial score (nSPS) is 21.5. The van der Waals surface area contributed by atoms with Crippen molar-refractivity contribution in [2.45, 2.75) is 25.5 Å². The SMILES string of the molecule is C=C1CC(NC(=O)OCc2ccccc2)C(C(=O)O)C1. The van der Waals surface area contributed by atoms with Gasteiger partial charge in [-0.15, -0.1) is 0 Å². The van der Waals surface area contributed by atoms with Crippen LogP contribution < -0.4 is 5.32 Å². The van der Waals surface area contributed by atoms with Gasteiger partial charge in [0.15, 0.2) is 0 Å². The fraction of sp³-hybridized carbons (Fsp3) is 0.333. The molecule has 0 heterocycles. The van der Waals surface area contributed by atoms with E-state index in [9.17, 15) is 9.59 Å². The predicted molar refractivity (Wildman–Crippen MR) is 73.1 cm³/mol. The molecule has 2 N–H and O–H groups in total. The Bertz CT molecular complexity index is 512. The van der Waals surface area contributed by atoms with Crippen LogP contribution >= 0.6 is 0 Å². The van der Waals surface area contributed by atoms with Crippen molar-refractivity contribution in [1.82, 2.24) is 5.32 Å². The van der Waals surface area contributed by atoms with Crippen molar-refractivity contribution >= 4 is 12.1 Å². The fourth-order valence-electron chi connectivity index (χ4n) is 2.32. The number of hydrogen-bond donors (Lipinski definition) is 2. The van der Waals surface area contributed by atoms with Gasteiger partial charge in [-0.25, -0.2) is 4.79 Å². The summed E-state index contributed by atoms with van der Waals surface area (Å²) in [5, 5.41) is 11.7. The van der Waals surface area contributed by atoms with Gasteiger partial charge in [-0.1, -0.05) is 42.5 Å². The van der Waals surface area contributed by atoms with Gasteiger partial charge in [0.2, 0.25) is 0 Å². The van der Waals surface area contributed by atoms with Crippen LogP contribution in [0, 0.1) is 5.92 Å². The van der Waals surface area contributed by atoms with Crippen LogP contribution in [0.15, 0.2) is 42.5 Å². The Balaban J connectivity index is 1.85. The minimum atomic E-state index is -0.919. The zero-order chi connectivity index (χ0) is 14.5. The van der Waals surface area contributed by atoms with E-state index >= 15 is 0 Å². The summed E-state index contributed by atoms with van der Waals surface area (Å²) in [6, 6.07) is 8.86. The number of carboxylic acid groups (broad SMARTS) is 1. The molecule has 0 bridgehead atoms. The van der Waals surface area contributed by atoms with Crippen LogP contribution in [-0.2, 0) is 16.1 Å². The van der Waals surface area contributed by atoms with E-state index in [0.717, 1.165) is 11.1 Å². The van der Waals surface area contributed by atoms with Crippen LogP contribution in [0.4, 0.5) is 4.79 Å². The summed E-state index contributed by atoms with van der Waals surface area (Å²) in [6.07, 6.45) is 0.288. The number of nitrogens with one attached hydrogen (secondary N) is 1. The first-order valence-electron chi connectivity index (χ1n) is 6.43. The monoisotopic (exact) mass is 275 g/mol. The largest absolute Gasteiger partial charge is 0.481 e. The number of ether oxygens (including phenoxy) is 1. The van der Waals surface area contributed by atoms with Gasteiger partial charge in [-0.2, -0.15) is 0 Å². The molecular formula is C15H17NO4. The molecule has 1 aromatic carbocycles. The summed E-state index contributed by atoms with van der Waals surface area (Å²) in [6.45, 7) is 3.95. The fourth-order valence-corrected chi connectivity index (χ4v) is 2.32. The predicted octanol–water partition coefficient (Wildman–Crippen LogP) is 2.33. The van der Waals surface area contributed by atoms with E-state index in [1.807, 2.05) is 30.3 Å². The third kappa shape index (κ3) is 3.60. The van der Waals surface area contributed by atoms with Crippen molar-refractivity contribution in [3.63, 3.8) is 0 Å². The molecule has 5 heteroatoms. The number of carbonyl (C=O) groups is 2. The molecule has 1 aliphatic carbocycles. The van der Waals surface area contributed by atoms with E-state index in [1.165, 1.54) is 0 Å². The molecule has 1 saturated carbocycles. The molecule has 5 nitrogen and oxygen atoms in total. The second-order valence-corrected chi connectivity index (χ2v) is 4.92. The third-order valence-corrected chi connectivity index (χ3v) is 3.34. The van der Waals surface area contributed by atoms with Crippen molar-refractivity contribution in [3.05, 3.63) is 48.0 Å². The number of alkyl carbamates (subject to hydrolysis) is 1. The summed E-state index contributed by atoms with van der Waals surface area (Å²) in [7, 11) is 0. The maximum atomic E-state index is 11.7. The molecule has 2 rings (SSSR count). The van der Waals surface area contributed by atoms with Gasteiger partial charge in [0, 0.05) is 6.04 Å². The van der Waals surface area contributed by atoms with Gasteiger partial charge in [-0.05, 0) is 18.4 Å². The highest BCUT2D eigenvalue weighted by molar-refractivity contribution is 5.74. The maximum absolute atomic E-state index is 11.7. The Morgan fingerprint density at radius 3 is 2.65 bits per heavy atom. The highest BCUT2D eigenvalue weighted by Crippen LogP contribution is 2.29. The van der Waals surface area contributed by atoms with Crippen LogP contribution in [0.3, 0.4) is 0 Å². The van der Waals surface area contributed by atoms with E-state index in [2.05, 4.69) is 11.9 Å². The summed E-state index contributed by atoms with van der Waals surface area (Å²) in [4.78, 5) is 22.8. The highest BCUT2D eigenvalue weighted by Gasteiger charge is 2.36. The second kappa shape index (κ2) is 6.23. The van der Waals surface area contributed by atoms with Crippen LogP contribution in [0.25, 0.3) is 0 Å². The van der Waals surface area contributed by atoms with Crippen molar-refractivity contribution < 1.29 is 19.4 Å². The third-order valence-electron chi connectivity index (χ3n) is 3.34. The zero-order valence-corrected chi connectivity index (χ0v) is 11.0. The minimum absolute atomic E-state index is 0.165. The number of aliphatic carboxylic acids is 1. The molecule has 1 aliphatic rings. The molecule has 1 fully saturated rings. The molecule has 1 amide bonds. The van der Waals surface area contributed by atoms with Crippen LogP contribution in [0.2, 0.25) is 0 Å². The van der Waals surface area contributed by atoms with Gasteiger partial charge in [0.25, 0.3) is 0 Å². The molecule has 0 spiro atoms. The van der Waals surface area contributed by atoms with Gasteiger partial charge in [0.05, 0.1) is 5.92 Å². The van der Waals surface area contributed by atoms with Gasteiger partial charge in [0.1, 0.15) is 6.61 Å². The Morgan fingerprint density at radius 1 is 1.30 bits per heavy atom. The molecule has 0 radical (unpaired) electrons. The minimum Gasteiger partial charge on any atom is -0.481 e. The van der Waals surface area contributed by atoms with Crippen molar-refractivity contribution in [1.29, 1.82) is 0 Å². The van der Waals surface area contributed by atoms with Crippen molar-refractivity contribution in [3.8, 4) is 0 Å². The summed E-state index contributed by atoms with van der Waals surface area (Å²) >= 11 is 0. The van der Waals surface area contributed by atoms with Crippen molar-refractivity contribution in [2.24, 2.45) is 5.92 Å². The first kappa shape index (κ1) is 14.1. The van der Waals surface area contributed by atoms with Crippen molar-refractivity contribution in [2.75, 3.05) is 0 Å². The Labute approximate surface area is 117 Å². The lowest BCUT2D eigenvalue weighted by Crippen LogP contribution is -2.40. The van der Waals surface area contributed by atoms with Crippen LogP contribution in [0.1, 0.15) is 18.4 Å². The first-order chi connectivity index (χ1) is 9.56. The van der Waals surface area contributed by atoms with E-state index in [0.29, 0.717) is 12.8 Å². The second-order valence-electron chi connectivity index (χ2n) is 4.92. The van der Waals surface area contributed by atoms with Gasteiger partial charge >= 0.3 is 12.1 Å². The summed E-state index contributed by atoms with van der Waals surface area (Å²) in [5.74, 6) is -1.54. The molecule has 0 aliphatic heterocycles. The molecule has 106 valence electrons. The molecule has 0 aromatic heterocycles. The Kier molecular flexibility index (Phi) is 4.40. The van der Waals surface area contributed by atoms with E-state index in [-0.39, 0.29) is 6.61 Å². The Hall–Kier alpha value is -2.30. The van der Waals surface area contributed by atoms with Crippen LogP contribution in [0.5, 0.6) is 0 Å². The molecule has 2 atom stereocenters. The number of carboxylic acids is 1. The van der Waals surface area contributed by atoms with E-state index < -0.39 is 24.0 Å². The number of benzene rings is 1. The lowest BCUT2D eigenvalue weighted by atomic mass is 10.0. The Morgan fingerprint density at radius 2 is 2.00 bits per heavy atom. The average Bonchev–Trinajstić information content (AvgIpc) is 2.79. The summed E-state index contributed by atoms with van der Waals surface area (Å²) in [5.41, 5.74) is 1.72. The number of amides is 1. The maximum Gasteiger partial charge on any atom is 0.407 e. The number of rotatable bonds is 4. The summed E-state index contributed by atoms with van der Waals surface area (Å²) < 4.78 is 5.08. The quantitative estimate of drug-likeness (QED) is 0.827. The lowest BCUT2D eigenvalue weighted by Gasteiger charge is -2.16. The topological polar surface area (TPSA) is 75.6 Å². The molecule has 0 saturated heterocycles. The average molecular weight is 275 g/mol.